The highest BCUT2D eigenvalue weighted by atomic mass is 35.5. The molecule has 0 aromatic carbocycles. The molecule has 1 aliphatic carbocycles. The third kappa shape index (κ3) is 3.14. The molecule has 18 heavy (non-hydrogen) atoms. The van der Waals surface area contributed by atoms with Gasteiger partial charge in [-0.25, -0.2) is 9.37 Å². The third-order valence-corrected chi connectivity index (χ3v) is 4.15. The van der Waals surface area contributed by atoms with E-state index in [1.165, 1.54) is 18.7 Å². The number of nitrogens with zero attached hydrogens (tertiary/aromatic N) is 1. The molecule has 1 aliphatic rings. The van der Waals surface area contributed by atoms with Crippen LogP contribution in [0.3, 0.4) is 0 Å². The molecule has 3 atom stereocenters. The van der Waals surface area contributed by atoms with E-state index in [1.54, 1.807) is 0 Å². The molecule has 3 unspecified atom stereocenters. The van der Waals surface area contributed by atoms with Crippen molar-refractivity contribution in [1.29, 1.82) is 0 Å². The molecule has 0 N–H and O–H groups in total. The molecule has 1 aromatic rings. The summed E-state index contributed by atoms with van der Waals surface area (Å²) >= 11 is 5.79. The van der Waals surface area contributed by atoms with Crippen molar-refractivity contribution < 1.29 is 9.13 Å². The van der Waals surface area contributed by atoms with E-state index in [-0.39, 0.29) is 17.8 Å². The highest BCUT2D eigenvalue weighted by Crippen LogP contribution is 2.32. The molecule has 2 rings (SSSR count). The first kappa shape index (κ1) is 13.6. The first-order chi connectivity index (χ1) is 8.60. The second kappa shape index (κ2) is 5.87. The predicted molar refractivity (Wildman–Crippen MR) is 70.3 cm³/mol. The molecule has 1 fully saturated rings. The molecular formula is C14H19ClFNO. The Hall–Kier alpha value is -0.830. The van der Waals surface area contributed by atoms with Crippen LogP contribution in [0.25, 0.3) is 0 Å². The third-order valence-electron chi connectivity index (χ3n) is 3.86. The molecule has 100 valence electrons. The van der Waals surface area contributed by atoms with Crippen LogP contribution in [0.4, 0.5) is 4.39 Å². The van der Waals surface area contributed by atoms with E-state index in [4.69, 9.17) is 16.3 Å². The molecule has 4 heteroatoms. The number of pyridine rings is 1. The van der Waals surface area contributed by atoms with Gasteiger partial charge in [-0.3, -0.25) is 0 Å². The first-order valence-corrected chi connectivity index (χ1v) is 7.00. The van der Waals surface area contributed by atoms with Crippen molar-refractivity contribution in [1.82, 2.24) is 4.98 Å². The molecule has 0 radical (unpaired) electrons. The highest BCUT2D eigenvalue weighted by molar-refractivity contribution is 6.17. The van der Waals surface area contributed by atoms with Crippen molar-refractivity contribution in [2.45, 2.75) is 45.1 Å². The minimum Gasteiger partial charge on any atom is -0.474 e. The van der Waals surface area contributed by atoms with Gasteiger partial charge in [-0.15, -0.1) is 11.6 Å². The van der Waals surface area contributed by atoms with E-state index in [2.05, 4.69) is 18.8 Å². The Morgan fingerprint density at radius 1 is 1.39 bits per heavy atom. The van der Waals surface area contributed by atoms with Crippen LogP contribution in [-0.4, -0.2) is 11.1 Å². The molecule has 0 aliphatic heterocycles. The lowest BCUT2D eigenvalue weighted by atomic mass is 9.80. The van der Waals surface area contributed by atoms with Crippen LogP contribution in [0, 0.1) is 17.7 Å². The number of hydrogen-bond acceptors (Lipinski definition) is 2. The van der Waals surface area contributed by atoms with Crippen molar-refractivity contribution in [2.24, 2.45) is 11.8 Å². The van der Waals surface area contributed by atoms with Gasteiger partial charge in [0.05, 0.1) is 12.1 Å². The number of ether oxygens (including phenoxy) is 1. The maximum atomic E-state index is 13.0. The second-order valence-electron chi connectivity index (χ2n) is 5.26. The van der Waals surface area contributed by atoms with Crippen LogP contribution in [0.5, 0.6) is 5.88 Å². The smallest absolute Gasteiger partial charge is 0.218 e. The van der Waals surface area contributed by atoms with Gasteiger partial charge in [-0.1, -0.05) is 13.8 Å². The van der Waals surface area contributed by atoms with Crippen LogP contribution in [0.2, 0.25) is 0 Å². The van der Waals surface area contributed by atoms with Gasteiger partial charge < -0.3 is 4.74 Å². The number of aromatic nitrogens is 1. The fourth-order valence-electron chi connectivity index (χ4n) is 2.43. The van der Waals surface area contributed by atoms with Crippen molar-refractivity contribution in [3.8, 4) is 5.88 Å². The zero-order valence-corrected chi connectivity index (χ0v) is 11.6. The van der Waals surface area contributed by atoms with Gasteiger partial charge in [-0.05, 0) is 37.2 Å². The molecule has 0 saturated heterocycles. The molecule has 0 amide bonds. The number of halogens is 2. The monoisotopic (exact) mass is 271 g/mol. The zero-order valence-electron chi connectivity index (χ0n) is 10.8. The van der Waals surface area contributed by atoms with Gasteiger partial charge in [0.1, 0.15) is 11.9 Å². The van der Waals surface area contributed by atoms with Gasteiger partial charge in [0.15, 0.2) is 0 Å². The Bertz CT molecular complexity index is 413. The largest absolute Gasteiger partial charge is 0.474 e. The van der Waals surface area contributed by atoms with Gasteiger partial charge >= 0.3 is 0 Å². The average molecular weight is 272 g/mol. The quantitative estimate of drug-likeness (QED) is 0.770. The second-order valence-corrected chi connectivity index (χ2v) is 5.53. The SMILES string of the molecule is CC1CCC(Oc2ncc(F)cc2CCl)CC1C. The average Bonchev–Trinajstić information content (AvgIpc) is 2.36. The maximum Gasteiger partial charge on any atom is 0.218 e. The Kier molecular flexibility index (Phi) is 4.44. The van der Waals surface area contributed by atoms with Crippen molar-refractivity contribution in [3.05, 3.63) is 23.6 Å². The van der Waals surface area contributed by atoms with E-state index < -0.39 is 0 Å². The fourth-order valence-corrected chi connectivity index (χ4v) is 2.63. The Morgan fingerprint density at radius 2 is 2.17 bits per heavy atom. The van der Waals surface area contributed by atoms with Crippen molar-refractivity contribution in [2.75, 3.05) is 0 Å². The van der Waals surface area contributed by atoms with Crippen LogP contribution < -0.4 is 4.74 Å². The van der Waals surface area contributed by atoms with E-state index in [9.17, 15) is 4.39 Å². The minimum absolute atomic E-state index is 0.177. The topological polar surface area (TPSA) is 22.1 Å². The Balaban J connectivity index is 2.05. The summed E-state index contributed by atoms with van der Waals surface area (Å²) in [5, 5.41) is 0. The summed E-state index contributed by atoms with van der Waals surface area (Å²) in [6, 6.07) is 1.39. The minimum atomic E-state index is -0.372. The van der Waals surface area contributed by atoms with Crippen LogP contribution >= 0.6 is 11.6 Å². The maximum absolute atomic E-state index is 13.0. The molecule has 0 spiro atoms. The Morgan fingerprint density at radius 3 is 2.83 bits per heavy atom. The summed E-state index contributed by atoms with van der Waals surface area (Å²) in [4.78, 5) is 4.01. The number of hydrogen-bond donors (Lipinski definition) is 0. The molecule has 1 heterocycles. The van der Waals surface area contributed by atoms with E-state index in [1.807, 2.05) is 0 Å². The summed E-state index contributed by atoms with van der Waals surface area (Å²) in [5.41, 5.74) is 0.628. The number of rotatable bonds is 3. The number of alkyl halides is 1. The van der Waals surface area contributed by atoms with E-state index in [0.717, 1.165) is 18.8 Å². The molecular weight excluding hydrogens is 253 g/mol. The lowest BCUT2D eigenvalue weighted by Gasteiger charge is -2.32. The summed E-state index contributed by atoms with van der Waals surface area (Å²) in [5.74, 6) is 1.74. The highest BCUT2D eigenvalue weighted by Gasteiger charge is 2.26. The molecule has 2 nitrogen and oxygen atoms in total. The fraction of sp³-hybridized carbons (Fsp3) is 0.643. The first-order valence-electron chi connectivity index (χ1n) is 6.47. The van der Waals surface area contributed by atoms with Crippen LogP contribution in [0.1, 0.15) is 38.7 Å². The summed E-state index contributed by atoms with van der Waals surface area (Å²) in [6.07, 6.45) is 4.59. The van der Waals surface area contributed by atoms with Gasteiger partial charge in [-0.2, -0.15) is 0 Å². The summed E-state index contributed by atoms with van der Waals surface area (Å²) < 4.78 is 18.9. The standard InChI is InChI=1S/C14H19ClFNO/c1-9-3-4-13(5-10(9)2)18-14-11(7-15)6-12(16)8-17-14/h6,8-10,13H,3-5,7H2,1-2H3. The van der Waals surface area contributed by atoms with Crippen LogP contribution in [0.15, 0.2) is 12.3 Å². The predicted octanol–water partition coefficient (Wildman–Crippen LogP) is 4.16. The van der Waals surface area contributed by atoms with E-state index in [0.29, 0.717) is 17.4 Å². The van der Waals surface area contributed by atoms with Crippen molar-refractivity contribution in [3.63, 3.8) is 0 Å². The van der Waals surface area contributed by atoms with Gasteiger partial charge in [0.25, 0.3) is 0 Å². The molecule has 0 bridgehead atoms. The molecule has 1 aromatic heterocycles. The van der Waals surface area contributed by atoms with Crippen molar-refractivity contribution >= 4 is 11.6 Å². The Labute approximate surface area is 113 Å². The summed E-state index contributed by atoms with van der Waals surface area (Å²) in [7, 11) is 0. The van der Waals surface area contributed by atoms with Crippen LogP contribution in [-0.2, 0) is 5.88 Å². The van der Waals surface area contributed by atoms with E-state index >= 15 is 0 Å². The summed E-state index contributed by atoms with van der Waals surface area (Å²) in [6.45, 7) is 4.53. The zero-order chi connectivity index (χ0) is 13.1. The van der Waals surface area contributed by atoms with Gasteiger partial charge in [0.2, 0.25) is 5.88 Å². The van der Waals surface area contributed by atoms with Gasteiger partial charge in [0, 0.05) is 5.56 Å². The normalized spacial score (nSPS) is 28.1. The molecule has 1 saturated carbocycles. The lowest BCUT2D eigenvalue weighted by Crippen LogP contribution is -2.29. The lowest BCUT2D eigenvalue weighted by molar-refractivity contribution is 0.0955.